The van der Waals surface area contributed by atoms with E-state index in [1.54, 1.807) is 12.0 Å². The van der Waals surface area contributed by atoms with Gasteiger partial charge in [-0.15, -0.1) is 0 Å². The lowest BCUT2D eigenvalue weighted by Crippen LogP contribution is -2.45. The molecule has 142 valence electrons. The van der Waals surface area contributed by atoms with Gasteiger partial charge < -0.3 is 15.0 Å². The summed E-state index contributed by atoms with van der Waals surface area (Å²) in [6.45, 7) is 3.54. The molecular weight excluding hydrogens is 330 g/mol. The summed E-state index contributed by atoms with van der Waals surface area (Å²) in [4.78, 5) is 28.4. The minimum Gasteiger partial charge on any atom is -0.497 e. The molecule has 2 heterocycles. The Morgan fingerprint density at radius 3 is 2.46 bits per heavy atom. The molecule has 2 amide bonds. The number of amides is 2. The maximum absolute atomic E-state index is 12.4. The van der Waals surface area contributed by atoms with Gasteiger partial charge in [-0.1, -0.05) is 12.1 Å². The number of carbonyl (C=O) groups excluding carboxylic acids is 2. The highest BCUT2D eigenvalue weighted by atomic mass is 16.5. The van der Waals surface area contributed by atoms with Crippen molar-refractivity contribution in [1.82, 2.24) is 15.1 Å². The first kappa shape index (κ1) is 18.7. The number of nitrogens with zero attached hydrogens (tertiary/aromatic N) is 2. The van der Waals surface area contributed by atoms with Crippen molar-refractivity contribution in [2.24, 2.45) is 0 Å². The van der Waals surface area contributed by atoms with E-state index in [9.17, 15) is 9.59 Å². The summed E-state index contributed by atoms with van der Waals surface area (Å²) in [7, 11) is 1.66. The highest BCUT2D eigenvalue weighted by Gasteiger charge is 2.25. The molecule has 0 spiro atoms. The zero-order valence-corrected chi connectivity index (χ0v) is 15.6. The number of nitrogens with one attached hydrogen (secondary N) is 1. The number of benzene rings is 1. The lowest BCUT2D eigenvalue weighted by molar-refractivity contribution is -0.137. The molecule has 2 saturated heterocycles. The molecule has 1 aromatic rings. The highest BCUT2D eigenvalue weighted by molar-refractivity contribution is 5.85. The second-order valence-corrected chi connectivity index (χ2v) is 7.11. The molecule has 6 nitrogen and oxygen atoms in total. The molecule has 0 saturated carbocycles. The van der Waals surface area contributed by atoms with Gasteiger partial charge in [-0.25, -0.2) is 0 Å². The fourth-order valence-corrected chi connectivity index (χ4v) is 3.81. The number of ether oxygens (including phenoxy) is 1. The van der Waals surface area contributed by atoms with Crippen LogP contribution in [0.1, 0.15) is 43.7 Å². The topological polar surface area (TPSA) is 61.9 Å². The predicted octanol–water partition coefficient (Wildman–Crippen LogP) is 1.96. The number of methoxy groups -OCH3 is 1. The van der Waals surface area contributed by atoms with Crippen molar-refractivity contribution >= 4 is 11.8 Å². The molecule has 2 aliphatic heterocycles. The summed E-state index contributed by atoms with van der Waals surface area (Å²) in [5, 5.41) is 3.05. The Kier molecular flexibility index (Phi) is 6.50. The van der Waals surface area contributed by atoms with Gasteiger partial charge in [0.2, 0.25) is 11.8 Å². The van der Waals surface area contributed by atoms with Crippen molar-refractivity contribution in [3.8, 4) is 5.75 Å². The second-order valence-electron chi connectivity index (χ2n) is 7.11. The van der Waals surface area contributed by atoms with E-state index in [2.05, 4.69) is 22.3 Å². The van der Waals surface area contributed by atoms with Gasteiger partial charge in [-0.3, -0.25) is 14.5 Å². The maximum Gasteiger partial charge on any atom is 0.239 e. The van der Waals surface area contributed by atoms with E-state index < -0.39 is 0 Å². The van der Waals surface area contributed by atoms with Crippen LogP contribution in [0.2, 0.25) is 0 Å². The monoisotopic (exact) mass is 359 g/mol. The summed E-state index contributed by atoms with van der Waals surface area (Å²) in [6.07, 6.45) is 4.88. The van der Waals surface area contributed by atoms with Crippen molar-refractivity contribution in [1.29, 1.82) is 0 Å². The molecule has 26 heavy (non-hydrogen) atoms. The number of piperidine rings is 1. The maximum atomic E-state index is 12.4. The van der Waals surface area contributed by atoms with Crippen molar-refractivity contribution < 1.29 is 14.3 Å². The van der Waals surface area contributed by atoms with Crippen molar-refractivity contribution in [2.75, 3.05) is 39.8 Å². The molecule has 0 radical (unpaired) electrons. The van der Waals surface area contributed by atoms with Crippen LogP contribution in [0.4, 0.5) is 0 Å². The minimum absolute atomic E-state index is 0.0713. The van der Waals surface area contributed by atoms with Gasteiger partial charge in [0.25, 0.3) is 0 Å². The van der Waals surface area contributed by atoms with Gasteiger partial charge in [-0.2, -0.15) is 0 Å². The van der Waals surface area contributed by atoms with E-state index >= 15 is 0 Å². The van der Waals surface area contributed by atoms with Crippen LogP contribution in [0, 0.1) is 0 Å². The lowest BCUT2D eigenvalue weighted by Gasteiger charge is -2.29. The third-order valence-corrected chi connectivity index (χ3v) is 5.33. The molecule has 0 unspecified atom stereocenters. The lowest BCUT2D eigenvalue weighted by atomic mass is 10.1. The zero-order valence-electron chi connectivity index (χ0n) is 15.6. The van der Waals surface area contributed by atoms with Gasteiger partial charge in [-0.05, 0) is 56.5 Å². The molecule has 6 heteroatoms. The van der Waals surface area contributed by atoms with E-state index in [1.165, 1.54) is 18.4 Å². The molecule has 1 N–H and O–H groups in total. The van der Waals surface area contributed by atoms with Crippen LogP contribution in [0.15, 0.2) is 24.3 Å². The summed E-state index contributed by atoms with van der Waals surface area (Å²) in [5.41, 5.74) is 1.18. The highest BCUT2D eigenvalue weighted by Crippen LogP contribution is 2.26. The fraction of sp³-hybridized carbons (Fsp3) is 0.600. The average Bonchev–Trinajstić information content (AvgIpc) is 3.19. The Morgan fingerprint density at radius 2 is 1.81 bits per heavy atom. The molecular formula is C20H29N3O3. The third kappa shape index (κ3) is 4.75. The molecule has 2 aliphatic rings. The molecule has 0 aromatic heterocycles. The second kappa shape index (κ2) is 9.03. The van der Waals surface area contributed by atoms with Crippen molar-refractivity contribution in [3.05, 3.63) is 29.8 Å². The van der Waals surface area contributed by atoms with Gasteiger partial charge in [0.1, 0.15) is 5.75 Å². The number of hydrogen-bond acceptors (Lipinski definition) is 4. The number of likely N-dealkylation sites (tertiary alicyclic amines) is 2. The van der Waals surface area contributed by atoms with E-state index in [1.807, 2.05) is 12.1 Å². The predicted molar refractivity (Wildman–Crippen MR) is 100.0 cm³/mol. The Hall–Kier alpha value is -2.08. The first-order valence-corrected chi connectivity index (χ1v) is 9.60. The quantitative estimate of drug-likeness (QED) is 0.808. The van der Waals surface area contributed by atoms with E-state index in [-0.39, 0.29) is 24.4 Å². The van der Waals surface area contributed by atoms with Crippen LogP contribution in [0.3, 0.4) is 0 Å². The smallest absolute Gasteiger partial charge is 0.239 e. The standard InChI is InChI=1S/C20H29N3O3/c1-26-17-9-7-16(8-10-17)18(22-11-4-5-12-22)14-21-19(24)15-23-13-3-2-6-20(23)25/h7-10,18H,2-6,11-15H2,1H3,(H,21,24)/t18-/m1/s1. The van der Waals surface area contributed by atoms with Gasteiger partial charge >= 0.3 is 0 Å². The van der Waals surface area contributed by atoms with Gasteiger partial charge in [0.15, 0.2) is 0 Å². The van der Waals surface area contributed by atoms with Crippen molar-refractivity contribution in [3.63, 3.8) is 0 Å². The Balaban J connectivity index is 1.60. The number of hydrogen-bond donors (Lipinski definition) is 1. The third-order valence-electron chi connectivity index (χ3n) is 5.33. The first-order valence-electron chi connectivity index (χ1n) is 9.60. The average molecular weight is 359 g/mol. The minimum atomic E-state index is -0.0713. The normalized spacial score (nSPS) is 19.4. The van der Waals surface area contributed by atoms with Crippen LogP contribution in [0.5, 0.6) is 5.75 Å². The Morgan fingerprint density at radius 1 is 1.12 bits per heavy atom. The number of carbonyl (C=O) groups is 2. The molecule has 1 atom stereocenters. The Labute approximate surface area is 155 Å². The SMILES string of the molecule is COc1ccc([C@@H](CNC(=O)CN2CCCCC2=O)N2CCCC2)cc1. The largest absolute Gasteiger partial charge is 0.497 e. The summed E-state index contributed by atoms with van der Waals surface area (Å²) in [6, 6.07) is 8.23. The van der Waals surface area contributed by atoms with Crippen molar-refractivity contribution in [2.45, 2.75) is 38.1 Å². The molecule has 1 aromatic carbocycles. The van der Waals surface area contributed by atoms with Gasteiger partial charge in [0, 0.05) is 19.5 Å². The fourth-order valence-electron chi connectivity index (χ4n) is 3.81. The zero-order chi connectivity index (χ0) is 18.4. The summed E-state index contributed by atoms with van der Waals surface area (Å²) in [5.74, 6) is 0.858. The van der Waals surface area contributed by atoms with E-state index in [4.69, 9.17) is 4.74 Å². The first-order chi connectivity index (χ1) is 12.7. The van der Waals surface area contributed by atoms with Crippen LogP contribution in [-0.4, -0.2) is 61.4 Å². The van der Waals surface area contributed by atoms with Crippen LogP contribution < -0.4 is 10.1 Å². The summed E-state index contributed by atoms with van der Waals surface area (Å²) < 4.78 is 5.25. The molecule has 0 bridgehead atoms. The van der Waals surface area contributed by atoms with Crippen LogP contribution >= 0.6 is 0 Å². The Bertz CT molecular complexity index is 611. The van der Waals surface area contributed by atoms with E-state index in [0.717, 1.165) is 31.7 Å². The van der Waals surface area contributed by atoms with Crippen LogP contribution in [-0.2, 0) is 9.59 Å². The van der Waals surface area contributed by atoms with E-state index in [0.29, 0.717) is 19.5 Å². The molecule has 0 aliphatic carbocycles. The summed E-state index contributed by atoms with van der Waals surface area (Å²) >= 11 is 0. The molecule has 3 rings (SSSR count). The van der Waals surface area contributed by atoms with Gasteiger partial charge in [0.05, 0.1) is 19.7 Å². The molecule has 2 fully saturated rings. The number of rotatable bonds is 7. The van der Waals surface area contributed by atoms with Crippen LogP contribution in [0.25, 0.3) is 0 Å².